The van der Waals surface area contributed by atoms with Gasteiger partial charge in [-0.15, -0.1) is 0 Å². The summed E-state index contributed by atoms with van der Waals surface area (Å²) in [5, 5.41) is 9.50. The van der Waals surface area contributed by atoms with Crippen molar-refractivity contribution in [3.63, 3.8) is 0 Å². The van der Waals surface area contributed by atoms with Gasteiger partial charge in [0.05, 0.1) is 18.8 Å². The van der Waals surface area contributed by atoms with Crippen molar-refractivity contribution in [2.24, 2.45) is 5.73 Å². The van der Waals surface area contributed by atoms with E-state index < -0.39 is 26.6 Å². The van der Waals surface area contributed by atoms with Crippen LogP contribution < -0.4 is 10.5 Å². The number of ether oxygens (including phenoxy) is 1. The summed E-state index contributed by atoms with van der Waals surface area (Å²) < 4.78 is 21.2. The average Bonchev–Trinajstić information content (AvgIpc) is 2.78. The number of benzene rings is 3. The molecule has 0 radical (unpaired) electrons. The van der Waals surface area contributed by atoms with Crippen molar-refractivity contribution >= 4 is 7.82 Å². The van der Waals surface area contributed by atoms with Crippen LogP contribution in [0.25, 0.3) is 11.1 Å². The lowest BCUT2D eigenvalue weighted by molar-refractivity contribution is 0.102. The summed E-state index contributed by atoms with van der Waals surface area (Å²) in [6.45, 7) is -0.869. The number of aliphatic hydroxyl groups is 1. The van der Waals surface area contributed by atoms with E-state index in [4.69, 9.17) is 20.3 Å². The number of nitrogens with two attached hydrogens (primary N) is 1. The zero-order chi connectivity index (χ0) is 22.3. The fourth-order valence-electron chi connectivity index (χ4n) is 3.01. The van der Waals surface area contributed by atoms with E-state index in [9.17, 15) is 9.67 Å². The third-order valence-corrected chi connectivity index (χ3v) is 5.33. The van der Waals surface area contributed by atoms with E-state index >= 15 is 0 Å². The second-order valence-electron chi connectivity index (χ2n) is 7.42. The molecule has 3 aromatic carbocycles. The first-order valence-corrected chi connectivity index (χ1v) is 11.3. The Bertz CT molecular complexity index is 1000. The molecular formula is C23H26NO6P. The number of aliphatic hydroxyl groups excluding tert-OH is 1. The number of hydrogen-bond donors (Lipinski definition) is 4. The van der Waals surface area contributed by atoms with Crippen LogP contribution in [-0.2, 0) is 15.5 Å². The fourth-order valence-corrected chi connectivity index (χ4v) is 3.43. The van der Waals surface area contributed by atoms with Crippen LogP contribution in [0.2, 0.25) is 0 Å². The minimum atomic E-state index is -4.64. The van der Waals surface area contributed by atoms with Crippen LogP contribution >= 0.6 is 7.82 Å². The Balaban J connectivity index is 1.59. The number of phosphoric ester groups is 1. The van der Waals surface area contributed by atoms with E-state index in [1.54, 1.807) is 0 Å². The van der Waals surface area contributed by atoms with E-state index in [-0.39, 0.29) is 0 Å². The lowest BCUT2D eigenvalue weighted by Crippen LogP contribution is -2.48. The molecule has 31 heavy (non-hydrogen) atoms. The SMILES string of the molecule is NC(CO)(CCc1ccc(-c2ccc(Oc3ccccc3)cc2)cc1)COP(=O)(O)O. The van der Waals surface area contributed by atoms with E-state index in [1.165, 1.54) is 0 Å². The van der Waals surface area contributed by atoms with E-state index in [2.05, 4.69) is 4.52 Å². The van der Waals surface area contributed by atoms with Gasteiger partial charge in [0.1, 0.15) is 11.5 Å². The van der Waals surface area contributed by atoms with Gasteiger partial charge in [-0.1, -0.05) is 54.6 Å². The summed E-state index contributed by atoms with van der Waals surface area (Å²) in [6, 6.07) is 25.3. The van der Waals surface area contributed by atoms with Gasteiger partial charge < -0.3 is 25.4 Å². The van der Waals surface area contributed by atoms with Gasteiger partial charge in [0, 0.05) is 0 Å². The molecule has 0 aliphatic heterocycles. The summed E-state index contributed by atoms with van der Waals surface area (Å²) in [7, 11) is -4.64. The summed E-state index contributed by atoms with van der Waals surface area (Å²) in [5.41, 5.74) is 7.87. The first-order chi connectivity index (χ1) is 14.8. The van der Waals surface area contributed by atoms with Crippen LogP contribution in [0.4, 0.5) is 0 Å². The van der Waals surface area contributed by atoms with Gasteiger partial charge in [0.25, 0.3) is 0 Å². The highest BCUT2D eigenvalue weighted by Gasteiger charge is 2.28. The molecule has 3 rings (SSSR count). The van der Waals surface area contributed by atoms with E-state index in [1.807, 2.05) is 78.9 Å². The predicted molar refractivity (Wildman–Crippen MR) is 119 cm³/mol. The molecule has 7 nitrogen and oxygen atoms in total. The predicted octanol–water partition coefficient (Wildman–Crippen LogP) is 3.88. The molecule has 0 fully saturated rings. The Morgan fingerprint density at radius 3 is 1.94 bits per heavy atom. The third-order valence-electron chi connectivity index (χ3n) is 4.87. The average molecular weight is 443 g/mol. The van der Waals surface area contributed by atoms with Gasteiger partial charge in [-0.2, -0.15) is 0 Å². The zero-order valence-electron chi connectivity index (χ0n) is 16.9. The minimum absolute atomic E-state index is 0.314. The Labute approximate surface area is 181 Å². The summed E-state index contributed by atoms with van der Waals surface area (Å²) in [5.74, 6) is 1.54. The van der Waals surface area contributed by atoms with Crippen LogP contribution in [0.15, 0.2) is 78.9 Å². The maximum atomic E-state index is 10.9. The molecular weight excluding hydrogens is 417 g/mol. The molecule has 164 valence electrons. The number of hydrogen-bond acceptors (Lipinski definition) is 5. The van der Waals surface area contributed by atoms with Gasteiger partial charge in [-0.05, 0) is 53.8 Å². The number of aryl methyl sites for hydroxylation is 1. The van der Waals surface area contributed by atoms with Crippen LogP contribution in [0, 0.1) is 0 Å². The monoisotopic (exact) mass is 443 g/mol. The quantitative estimate of drug-likeness (QED) is 0.351. The highest BCUT2D eigenvalue weighted by molar-refractivity contribution is 7.46. The lowest BCUT2D eigenvalue weighted by atomic mass is 9.93. The van der Waals surface area contributed by atoms with Gasteiger partial charge >= 0.3 is 7.82 Å². The maximum absolute atomic E-state index is 10.9. The van der Waals surface area contributed by atoms with Crippen molar-refractivity contribution in [1.29, 1.82) is 0 Å². The largest absolute Gasteiger partial charge is 0.469 e. The van der Waals surface area contributed by atoms with Gasteiger partial charge in [-0.25, -0.2) is 4.57 Å². The van der Waals surface area contributed by atoms with Crippen molar-refractivity contribution in [2.75, 3.05) is 13.2 Å². The second-order valence-corrected chi connectivity index (χ2v) is 8.66. The Morgan fingerprint density at radius 1 is 0.839 bits per heavy atom. The highest BCUT2D eigenvalue weighted by Crippen LogP contribution is 2.37. The number of rotatable bonds is 10. The van der Waals surface area contributed by atoms with Crippen molar-refractivity contribution in [1.82, 2.24) is 0 Å². The smallest absolute Gasteiger partial charge is 0.457 e. The first kappa shape index (κ1) is 23.2. The molecule has 0 aliphatic rings. The normalized spacial score (nSPS) is 13.5. The standard InChI is InChI=1S/C23H26NO6P/c24-23(16-25,17-29-31(26,27)28)15-14-18-6-8-19(9-7-18)20-10-12-22(13-11-20)30-21-4-2-1-3-5-21/h1-13,25H,14-17,24H2,(H2,26,27,28). The summed E-state index contributed by atoms with van der Waals surface area (Å²) in [6.07, 6.45) is 0.847. The van der Waals surface area contributed by atoms with Gasteiger partial charge in [0.2, 0.25) is 0 Å². The number of phosphoric acid groups is 1. The van der Waals surface area contributed by atoms with Crippen LogP contribution in [-0.4, -0.2) is 33.6 Å². The Kier molecular flexibility index (Phi) is 7.62. The second kappa shape index (κ2) is 10.2. The molecule has 1 atom stereocenters. The van der Waals surface area contributed by atoms with Crippen LogP contribution in [0.5, 0.6) is 11.5 Å². The van der Waals surface area contributed by atoms with Crippen LogP contribution in [0.3, 0.4) is 0 Å². The van der Waals surface area contributed by atoms with Crippen LogP contribution in [0.1, 0.15) is 12.0 Å². The zero-order valence-corrected chi connectivity index (χ0v) is 17.8. The van der Waals surface area contributed by atoms with Gasteiger partial charge in [0.15, 0.2) is 0 Å². The van der Waals surface area contributed by atoms with Crippen molar-refractivity contribution < 1.29 is 28.7 Å². The topological polar surface area (TPSA) is 122 Å². The lowest BCUT2D eigenvalue weighted by Gasteiger charge is -2.27. The maximum Gasteiger partial charge on any atom is 0.469 e. The molecule has 5 N–H and O–H groups in total. The summed E-state index contributed by atoms with van der Waals surface area (Å²) in [4.78, 5) is 17.7. The molecule has 3 aromatic rings. The molecule has 0 spiro atoms. The molecule has 0 saturated carbocycles. The van der Waals surface area contributed by atoms with Crippen molar-refractivity contribution in [3.8, 4) is 22.6 Å². The van der Waals surface area contributed by atoms with Crippen molar-refractivity contribution in [3.05, 3.63) is 84.4 Å². The highest BCUT2D eigenvalue weighted by atomic mass is 31.2. The minimum Gasteiger partial charge on any atom is -0.457 e. The fraction of sp³-hybridized carbons (Fsp3) is 0.217. The Morgan fingerprint density at radius 2 is 1.39 bits per heavy atom. The molecule has 0 aliphatic carbocycles. The molecule has 0 heterocycles. The Hall–Kier alpha value is -2.51. The molecule has 0 saturated heterocycles. The molecule has 1 unspecified atom stereocenters. The first-order valence-electron chi connectivity index (χ1n) is 9.78. The van der Waals surface area contributed by atoms with Crippen molar-refractivity contribution in [2.45, 2.75) is 18.4 Å². The molecule has 0 aromatic heterocycles. The molecule has 0 amide bonds. The van der Waals surface area contributed by atoms with Gasteiger partial charge in [-0.3, -0.25) is 4.52 Å². The van der Waals surface area contributed by atoms with E-state index in [0.29, 0.717) is 12.8 Å². The third kappa shape index (κ3) is 7.29. The number of para-hydroxylation sites is 1. The van der Waals surface area contributed by atoms with E-state index in [0.717, 1.165) is 28.2 Å². The molecule has 0 bridgehead atoms. The summed E-state index contributed by atoms with van der Waals surface area (Å²) >= 11 is 0. The molecule has 8 heteroatoms.